The van der Waals surface area contributed by atoms with E-state index < -0.39 is 0 Å². The number of hydrogen-bond donors (Lipinski definition) is 1. The predicted octanol–water partition coefficient (Wildman–Crippen LogP) is 1.26. The van der Waals surface area contributed by atoms with Crippen molar-refractivity contribution in [2.24, 2.45) is 5.92 Å². The lowest BCUT2D eigenvalue weighted by Gasteiger charge is -2.26. The van der Waals surface area contributed by atoms with Crippen LogP contribution in [-0.2, 0) is 9.53 Å². The molecule has 1 aliphatic heterocycles. The van der Waals surface area contributed by atoms with Crippen LogP contribution >= 0.6 is 0 Å². The van der Waals surface area contributed by atoms with Crippen LogP contribution in [0.4, 0.5) is 0 Å². The minimum atomic E-state index is -0.0519. The summed E-state index contributed by atoms with van der Waals surface area (Å²) in [5, 5.41) is 3.25. The quantitative estimate of drug-likeness (QED) is 0.762. The number of likely N-dealkylation sites (N-methyl/N-ethyl adjacent to an activating group) is 1. The lowest BCUT2D eigenvalue weighted by Crippen LogP contribution is -2.45. The molecule has 100 valence electrons. The van der Waals surface area contributed by atoms with Gasteiger partial charge in [-0.15, -0.1) is 0 Å². The van der Waals surface area contributed by atoms with Gasteiger partial charge in [0.25, 0.3) is 0 Å². The Morgan fingerprint density at radius 2 is 2.24 bits per heavy atom. The monoisotopic (exact) mass is 242 g/mol. The number of rotatable bonds is 6. The summed E-state index contributed by atoms with van der Waals surface area (Å²) >= 11 is 0. The van der Waals surface area contributed by atoms with Gasteiger partial charge in [-0.05, 0) is 19.3 Å². The maximum absolute atomic E-state index is 12.3. The summed E-state index contributed by atoms with van der Waals surface area (Å²) in [6.07, 6.45) is 2.10. The van der Waals surface area contributed by atoms with Gasteiger partial charge in [-0.3, -0.25) is 4.79 Å². The third-order valence-electron chi connectivity index (χ3n) is 3.64. The van der Waals surface area contributed by atoms with E-state index in [9.17, 15) is 4.79 Å². The molecule has 0 spiro atoms. The minimum Gasteiger partial charge on any atom is -0.380 e. The first kappa shape index (κ1) is 14.5. The lowest BCUT2D eigenvalue weighted by atomic mass is 10.1. The van der Waals surface area contributed by atoms with Crippen LogP contribution in [0.5, 0.6) is 0 Å². The Balaban J connectivity index is 2.49. The highest BCUT2D eigenvalue weighted by atomic mass is 16.5. The number of nitrogens with one attached hydrogen (secondary N) is 1. The maximum atomic E-state index is 12.3. The Hall–Kier alpha value is -0.610. The zero-order valence-electron chi connectivity index (χ0n) is 11.5. The van der Waals surface area contributed by atoms with E-state index in [1.165, 1.54) is 0 Å². The Bertz CT molecular complexity index is 246. The molecule has 1 aliphatic rings. The first-order valence-corrected chi connectivity index (χ1v) is 6.67. The first-order chi connectivity index (χ1) is 8.12. The normalized spacial score (nSPS) is 25.9. The maximum Gasteiger partial charge on any atom is 0.239 e. The number of hydrogen-bond acceptors (Lipinski definition) is 3. The molecule has 1 N–H and O–H groups in total. The number of nitrogens with zero attached hydrogens (tertiary/aromatic N) is 1. The van der Waals surface area contributed by atoms with Crippen molar-refractivity contribution in [3.8, 4) is 0 Å². The second kappa shape index (κ2) is 6.97. The average molecular weight is 242 g/mol. The Kier molecular flexibility index (Phi) is 5.92. The molecule has 3 unspecified atom stereocenters. The molecule has 1 heterocycles. The van der Waals surface area contributed by atoms with Gasteiger partial charge >= 0.3 is 0 Å². The standard InChI is InChI=1S/C13H26N2O2/c1-5-10(3)9-15(6-2)13(16)12-7-11(17-4)8-14-12/h10-12,14H,5-9H2,1-4H3. The van der Waals surface area contributed by atoms with E-state index in [0.717, 1.165) is 32.5 Å². The van der Waals surface area contributed by atoms with Gasteiger partial charge in [0.05, 0.1) is 12.1 Å². The van der Waals surface area contributed by atoms with Crippen LogP contribution < -0.4 is 5.32 Å². The number of ether oxygens (including phenoxy) is 1. The molecule has 3 atom stereocenters. The average Bonchev–Trinajstić information content (AvgIpc) is 2.83. The third kappa shape index (κ3) is 3.96. The number of carbonyl (C=O) groups is 1. The number of carbonyl (C=O) groups excluding carboxylic acids is 1. The molecule has 1 amide bonds. The van der Waals surface area contributed by atoms with Crippen molar-refractivity contribution in [2.75, 3.05) is 26.7 Å². The molecule has 1 rings (SSSR count). The van der Waals surface area contributed by atoms with Crippen molar-refractivity contribution in [2.45, 2.75) is 45.8 Å². The highest BCUT2D eigenvalue weighted by molar-refractivity contribution is 5.82. The van der Waals surface area contributed by atoms with E-state index in [1.54, 1.807) is 7.11 Å². The van der Waals surface area contributed by atoms with E-state index in [4.69, 9.17) is 4.74 Å². The lowest BCUT2D eigenvalue weighted by molar-refractivity contribution is -0.133. The SMILES string of the molecule is CCC(C)CN(CC)C(=O)C1CC(OC)CN1. The van der Waals surface area contributed by atoms with E-state index in [0.29, 0.717) is 5.92 Å². The second-order valence-electron chi connectivity index (χ2n) is 4.94. The van der Waals surface area contributed by atoms with Crippen molar-refractivity contribution in [3.05, 3.63) is 0 Å². The van der Waals surface area contributed by atoms with Crippen LogP contribution in [0, 0.1) is 5.92 Å². The summed E-state index contributed by atoms with van der Waals surface area (Å²) < 4.78 is 5.27. The van der Waals surface area contributed by atoms with E-state index >= 15 is 0 Å². The van der Waals surface area contributed by atoms with Crippen LogP contribution in [0.15, 0.2) is 0 Å². The van der Waals surface area contributed by atoms with E-state index in [1.807, 2.05) is 11.8 Å². The Morgan fingerprint density at radius 3 is 2.71 bits per heavy atom. The van der Waals surface area contributed by atoms with E-state index in [-0.39, 0.29) is 18.1 Å². The van der Waals surface area contributed by atoms with Crippen molar-refractivity contribution in [1.82, 2.24) is 10.2 Å². The number of amides is 1. The van der Waals surface area contributed by atoms with Gasteiger partial charge in [-0.1, -0.05) is 20.3 Å². The molecule has 0 aliphatic carbocycles. The summed E-state index contributed by atoms with van der Waals surface area (Å²) in [5.74, 6) is 0.797. The van der Waals surface area contributed by atoms with E-state index in [2.05, 4.69) is 19.2 Å². The second-order valence-corrected chi connectivity index (χ2v) is 4.94. The molecule has 0 aromatic rings. The molecule has 4 nitrogen and oxygen atoms in total. The molecule has 17 heavy (non-hydrogen) atoms. The fraction of sp³-hybridized carbons (Fsp3) is 0.923. The fourth-order valence-electron chi connectivity index (χ4n) is 2.17. The van der Waals surface area contributed by atoms with Crippen molar-refractivity contribution >= 4 is 5.91 Å². The summed E-state index contributed by atoms with van der Waals surface area (Å²) in [4.78, 5) is 14.3. The zero-order chi connectivity index (χ0) is 12.8. The Labute approximate surface area is 105 Å². The third-order valence-corrected chi connectivity index (χ3v) is 3.64. The predicted molar refractivity (Wildman–Crippen MR) is 68.9 cm³/mol. The number of methoxy groups -OCH3 is 1. The van der Waals surface area contributed by atoms with Crippen LogP contribution in [0.2, 0.25) is 0 Å². The van der Waals surface area contributed by atoms with Gasteiger partial charge in [0.15, 0.2) is 0 Å². The van der Waals surface area contributed by atoms with Gasteiger partial charge in [0.2, 0.25) is 5.91 Å². The smallest absolute Gasteiger partial charge is 0.239 e. The van der Waals surface area contributed by atoms with Gasteiger partial charge in [-0.2, -0.15) is 0 Å². The van der Waals surface area contributed by atoms with Crippen molar-refractivity contribution in [1.29, 1.82) is 0 Å². The van der Waals surface area contributed by atoms with Gasteiger partial charge in [0.1, 0.15) is 0 Å². The van der Waals surface area contributed by atoms with Gasteiger partial charge < -0.3 is 15.0 Å². The largest absolute Gasteiger partial charge is 0.380 e. The van der Waals surface area contributed by atoms with Crippen LogP contribution in [-0.4, -0.2) is 49.7 Å². The summed E-state index contributed by atoms with van der Waals surface area (Å²) in [5.41, 5.74) is 0. The van der Waals surface area contributed by atoms with Gasteiger partial charge in [0, 0.05) is 26.7 Å². The topological polar surface area (TPSA) is 41.6 Å². The fourth-order valence-corrected chi connectivity index (χ4v) is 2.17. The molecule has 0 radical (unpaired) electrons. The highest BCUT2D eigenvalue weighted by Crippen LogP contribution is 2.13. The van der Waals surface area contributed by atoms with Crippen LogP contribution in [0.25, 0.3) is 0 Å². The van der Waals surface area contributed by atoms with Crippen LogP contribution in [0.1, 0.15) is 33.6 Å². The molecule has 1 saturated heterocycles. The Morgan fingerprint density at radius 1 is 1.53 bits per heavy atom. The molecular weight excluding hydrogens is 216 g/mol. The molecule has 0 aromatic carbocycles. The van der Waals surface area contributed by atoms with Crippen molar-refractivity contribution in [3.63, 3.8) is 0 Å². The summed E-state index contributed by atoms with van der Waals surface area (Å²) in [6.45, 7) is 8.84. The zero-order valence-corrected chi connectivity index (χ0v) is 11.5. The summed E-state index contributed by atoms with van der Waals surface area (Å²) in [6, 6.07) is -0.0519. The molecular formula is C13H26N2O2. The van der Waals surface area contributed by atoms with Gasteiger partial charge in [-0.25, -0.2) is 0 Å². The molecule has 1 fully saturated rings. The molecule has 0 aromatic heterocycles. The summed E-state index contributed by atoms with van der Waals surface area (Å²) in [7, 11) is 1.70. The molecule has 0 bridgehead atoms. The molecule has 0 saturated carbocycles. The first-order valence-electron chi connectivity index (χ1n) is 6.67. The van der Waals surface area contributed by atoms with Crippen molar-refractivity contribution < 1.29 is 9.53 Å². The highest BCUT2D eigenvalue weighted by Gasteiger charge is 2.31. The van der Waals surface area contributed by atoms with Crippen LogP contribution in [0.3, 0.4) is 0 Å². The molecule has 4 heteroatoms. The minimum absolute atomic E-state index is 0.0519.